The Morgan fingerprint density at radius 1 is 1.21 bits per heavy atom. The Balaban J connectivity index is 1.79. The molecule has 6 heteroatoms. The average Bonchev–Trinajstić information content (AvgIpc) is 2.98. The van der Waals surface area contributed by atoms with Crippen LogP contribution in [-0.2, 0) is 4.74 Å². The fraction of sp³-hybridized carbons (Fsp3) is 0.385. The van der Waals surface area contributed by atoms with Gasteiger partial charge in [0, 0.05) is 18.7 Å². The smallest absolute Gasteiger partial charge is 0.245 e. The monoisotopic (exact) mass is 260 g/mol. The van der Waals surface area contributed by atoms with E-state index in [-0.39, 0.29) is 0 Å². The van der Waals surface area contributed by atoms with Gasteiger partial charge in [0.2, 0.25) is 5.95 Å². The summed E-state index contributed by atoms with van der Waals surface area (Å²) in [6.45, 7) is 3.12. The molecule has 0 radical (unpaired) electrons. The Bertz CT molecular complexity index is 532. The van der Waals surface area contributed by atoms with Crippen LogP contribution in [0.4, 0.5) is 5.95 Å². The molecule has 100 valence electrons. The number of benzene rings is 1. The van der Waals surface area contributed by atoms with Gasteiger partial charge in [0.1, 0.15) is 5.75 Å². The van der Waals surface area contributed by atoms with Gasteiger partial charge in [0.05, 0.1) is 20.3 Å². The van der Waals surface area contributed by atoms with E-state index in [1.165, 1.54) is 0 Å². The van der Waals surface area contributed by atoms with Crippen LogP contribution in [0.5, 0.6) is 5.75 Å². The number of aromatic nitrogens is 3. The molecule has 3 rings (SSSR count). The summed E-state index contributed by atoms with van der Waals surface area (Å²) in [4.78, 5) is 6.64. The van der Waals surface area contributed by atoms with Gasteiger partial charge >= 0.3 is 0 Å². The first-order valence-corrected chi connectivity index (χ1v) is 6.26. The molecular weight excluding hydrogens is 244 g/mol. The Hall–Kier alpha value is -2.08. The van der Waals surface area contributed by atoms with Gasteiger partial charge < -0.3 is 14.4 Å². The lowest BCUT2D eigenvalue weighted by atomic mass is 10.2. The molecule has 0 bridgehead atoms. The topological polar surface area (TPSA) is 63.3 Å². The molecule has 2 heterocycles. The van der Waals surface area contributed by atoms with E-state index in [2.05, 4.69) is 20.1 Å². The van der Waals surface area contributed by atoms with E-state index in [0.29, 0.717) is 0 Å². The number of methoxy groups -OCH3 is 1. The lowest BCUT2D eigenvalue weighted by molar-refractivity contribution is 0.122. The molecule has 1 aliphatic heterocycles. The van der Waals surface area contributed by atoms with Crippen molar-refractivity contribution in [2.24, 2.45) is 0 Å². The predicted octanol–water partition coefficient (Wildman–Crippen LogP) is 1.32. The van der Waals surface area contributed by atoms with E-state index in [1.807, 2.05) is 24.3 Å². The van der Waals surface area contributed by atoms with Crippen molar-refractivity contribution in [3.63, 3.8) is 0 Å². The highest BCUT2D eigenvalue weighted by molar-refractivity contribution is 5.57. The van der Waals surface area contributed by atoms with Gasteiger partial charge in [-0.1, -0.05) is 0 Å². The fourth-order valence-electron chi connectivity index (χ4n) is 2.04. The van der Waals surface area contributed by atoms with Crippen LogP contribution in [0.2, 0.25) is 0 Å². The number of hydrogen-bond donors (Lipinski definition) is 1. The maximum Gasteiger partial charge on any atom is 0.245 e. The number of nitrogens with one attached hydrogen (secondary N) is 1. The summed E-state index contributed by atoms with van der Waals surface area (Å²) in [6, 6.07) is 7.74. The number of H-pyrrole nitrogens is 1. The van der Waals surface area contributed by atoms with Gasteiger partial charge in [-0.2, -0.15) is 4.98 Å². The Morgan fingerprint density at radius 2 is 1.95 bits per heavy atom. The van der Waals surface area contributed by atoms with E-state index in [4.69, 9.17) is 9.47 Å². The van der Waals surface area contributed by atoms with Crippen molar-refractivity contribution in [2.75, 3.05) is 38.3 Å². The third-order valence-electron chi connectivity index (χ3n) is 3.13. The Morgan fingerprint density at radius 3 is 2.63 bits per heavy atom. The second-order valence-corrected chi connectivity index (χ2v) is 4.31. The molecule has 0 aliphatic carbocycles. The largest absolute Gasteiger partial charge is 0.497 e. The van der Waals surface area contributed by atoms with Crippen molar-refractivity contribution in [1.82, 2.24) is 15.2 Å². The maximum absolute atomic E-state index is 5.32. The molecule has 19 heavy (non-hydrogen) atoms. The molecule has 0 atom stereocenters. The first-order chi connectivity index (χ1) is 9.36. The van der Waals surface area contributed by atoms with Gasteiger partial charge in [-0.25, -0.2) is 0 Å². The number of morpholine rings is 1. The predicted molar refractivity (Wildman–Crippen MR) is 71.4 cm³/mol. The van der Waals surface area contributed by atoms with Crippen molar-refractivity contribution in [1.29, 1.82) is 0 Å². The van der Waals surface area contributed by atoms with Crippen LogP contribution in [0, 0.1) is 0 Å². The maximum atomic E-state index is 5.32. The molecule has 0 saturated carbocycles. The molecule has 1 saturated heterocycles. The van der Waals surface area contributed by atoms with E-state index < -0.39 is 0 Å². The van der Waals surface area contributed by atoms with E-state index in [0.717, 1.165) is 49.4 Å². The molecule has 2 aromatic rings. The number of aromatic amines is 1. The van der Waals surface area contributed by atoms with E-state index >= 15 is 0 Å². The van der Waals surface area contributed by atoms with Gasteiger partial charge in [0.15, 0.2) is 5.82 Å². The average molecular weight is 260 g/mol. The molecule has 1 aromatic heterocycles. The van der Waals surface area contributed by atoms with Crippen LogP contribution in [0.3, 0.4) is 0 Å². The van der Waals surface area contributed by atoms with Crippen LogP contribution < -0.4 is 9.64 Å². The fourth-order valence-corrected chi connectivity index (χ4v) is 2.04. The van der Waals surface area contributed by atoms with E-state index in [9.17, 15) is 0 Å². The van der Waals surface area contributed by atoms with Crippen molar-refractivity contribution in [3.05, 3.63) is 24.3 Å². The number of anilines is 1. The number of rotatable bonds is 3. The van der Waals surface area contributed by atoms with Gasteiger partial charge in [-0.3, -0.25) is 5.10 Å². The molecule has 0 spiro atoms. The zero-order chi connectivity index (χ0) is 13.1. The Kier molecular flexibility index (Phi) is 3.33. The minimum atomic E-state index is 0.729. The van der Waals surface area contributed by atoms with E-state index in [1.54, 1.807) is 7.11 Å². The molecule has 1 fully saturated rings. The summed E-state index contributed by atoms with van der Waals surface area (Å²) >= 11 is 0. The second kappa shape index (κ2) is 5.27. The van der Waals surface area contributed by atoms with Crippen LogP contribution in [0.25, 0.3) is 11.4 Å². The standard InChI is InChI=1S/C13H16N4O2/c1-18-11-4-2-10(3-5-11)12-14-13(16-15-12)17-6-8-19-9-7-17/h2-5H,6-9H2,1H3,(H,14,15,16). The number of nitrogens with zero attached hydrogens (tertiary/aromatic N) is 3. The van der Waals surface area contributed by atoms with Crippen LogP contribution in [0.15, 0.2) is 24.3 Å². The van der Waals surface area contributed by atoms with Crippen LogP contribution >= 0.6 is 0 Å². The number of ether oxygens (including phenoxy) is 2. The summed E-state index contributed by atoms with van der Waals surface area (Å²) in [7, 11) is 1.65. The summed E-state index contributed by atoms with van der Waals surface area (Å²) in [5.74, 6) is 2.33. The lowest BCUT2D eigenvalue weighted by Gasteiger charge is -2.25. The van der Waals surface area contributed by atoms with Gasteiger partial charge in [-0.15, -0.1) is 5.10 Å². The minimum Gasteiger partial charge on any atom is -0.497 e. The molecule has 6 nitrogen and oxygen atoms in total. The molecule has 0 unspecified atom stereocenters. The van der Waals surface area contributed by atoms with Crippen LogP contribution in [-0.4, -0.2) is 48.6 Å². The number of hydrogen-bond acceptors (Lipinski definition) is 5. The minimum absolute atomic E-state index is 0.729. The molecular formula is C13H16N4O2. The molecule has 1 aromatic carbocycles. The van der Waals surface area contributed by atoms with Gasteiger partial charge in [-0.05, 0) is 24.3 Å². The van der Waals surface area contributed by atoms with Crippen molar-refractivity contribution < 1.29 is 9.47 Å². The highest BCUT2D eigenvalue weighted by Crippen LogP contribution is 2.21. The zero-order valence-electron chi connectivity index (χ0n) is 10.8. The van der Waals surface area contributed by atoms with Crippen LogP contribution in [0.1, 0.15) is 0 Å². The first kappa shape index (κ1) is 12.0. The third kappa shape index (κ3) is 2.53. The highest BCUT2D eigenvalue weighted by Gasteiger charge is 2.16. The molecule has 1 aliphatic rings. The third-order valence-corrected chi connectivity index (χ3v) is 3.13. The molecule has 1 N–H and O–H groups in total. The van der Waals surface area contributed by atoms with Crippen molar-refractivity contribution in [3.8, 4) is 17.1 Å². The SMILES string of the molecule is COc1ccc(-c2nc(N3CCOCC3)n[nH]2)cc1. The summed E-state index contributed by atoms with van der Waals surface area (Å²) in [6.07, 6.45) is 0. The molecule has 0 amide bonds. The van der Waals surface area contributed by atoms with Gasteiger partial charge in [0.25, 0.3) is 0 Å². The summed E-state index contributed by atoms with van der Waals surface area (Å²) in [5.41, 5.74) is 0.993. The summed E-state index contributed by atoms with van der Waals surface area (Å²) in [5, 5.41) is 7.23. The quantitative estimate of drug-likeness (QED) is 0.901. The zero-order valence-corrected chi connectivity index (χ0v) is 10.8. The highest BCUT2D eigenvalue weighted by atomic mass is 16.5. The first-order valence-electron chi connectivity index (χ1n) is 6.26. The lowest BCUT2D eigenvalue weighted by Crippen LogP contribution is -2.36. The summed E-state index contributed by atoms with van der Waals surface area (Å²) < 4.78 is 10.5. The van der Waals surface area contributed by atoms with Crippen molar-refractivity contribution in [2.45, 2.75) is 0 Å². The Labute approximate surface area is 111 Å². The van der Waals surface area contributed by atoms with Crippen molar-refractivity contribution >= 4 is 5.95 Å². The second-order valence-electron chi connectivity index (χ2n) is 4.31. The normalized spacial score (nSPS) is 15.5.